The zero-order valence-corrected chi connectivity index (χ0v) is 28.9. The van der Waals surface area contributed by atoms with Crippen molar-refractivity contribution in [2.75, 3.05) is 13.1 Å². The molecule has 0 radical (unpaired) electrons. The number of likely N-dealkylation sites (tertiary alicyclic amines) is 1. The zero-order valence-electron chi connectivity index (χ0n) is 28.9. The van der Waals surface area contributed by atoms with Crippen molar-refractivity contribution in [3.05, 3.63) is 88.6 Å². The van der Waals surface area contributed by atoms with Gasteiger partial charge >= 0.3 is 0 Å². The highest BCUT2D eigenvalue weighted by Crippen LogP contribution is 2.39. The number of nitrogens with one attached hydrogen (secondary N) is 3. The Bertz CT molecular complexity index is 1560. The molecule has 3 aromatic rings. The molecule has 0 unspecified atom stereocenters. The largest absolute Gasteiger partial charge is 0.446 e. The number of piperidine rings is 1. The third-order valence-corrected chi connectivity index (χ3v) is 9.61. The summed E-state index contributed by atoms with van der Waals surface area (Å²) in [6, 6.07) is 15.3. The molecule has 2 heterocycles. The van der Waals surface area contributed by atoms with Gasteiger partial charge in [-0.05, 0) is 82.6 Å². The fourth-order valence-electron chi connectivity index (χ4n) is 7.20. The fourth-order valence-corrected chi connectivity index (χ4v) is 7.20. The van der Waals surface area contributed by atoms with Gasteiger partial charge in [-0.1, -0.05) is 55.7 Å². The first-order valence-corrected chi connectivity index (χ1v) is 17.3. The number of β-amino-alcohol motifs (C(OH)–C–C–N with tert-alkyl or cyclic N) is 1. The maximum Gasteiger partial charge on any atom is 0.251 e. The molecule has 3 amide bonds. The Morgan fingerprint density at radius 3 is 2.33 bits per heavy atom. The molecule has 0 bridgehead atoms. The normalized spacial score (nSPS) is 21.1. The average Bonchev–Trinajstić information content (AvgIpc) is 3.38. The average molecular weight is 658 g/mol. The van der Waals surface area contributed by atoms with Gasteiger partial charge in [0, 0.05) is 36.7 Å². The number of hydrogen-bond donors (Lipinski definition) is 4. The molecule has 1 aromatic heterocycles. The van der Waals surface area contributed by atoms with E-state index in [1.165, 1.54) is 12.8 Å². The molecule has 258 valence electrons. The van der Waals surface area contributed by atoms with Crippen molar-refractivity contribution in [3.8, 4) is 0 Å². The van der Waals surface area contributed by atoms with Gasteiger partial charge in [0.1, 0.15) is 11.5 Å². The quantitative estimate of drug-likeness (QED) is 0.234. The van der Waals surface area contributed by atoms with E-state index < -0.39 is 12.1 Å². The minimum absolute atomic E-state index is 0.00805. The molecule has 1 saturated carbocycles. The van der Waals surface area contributed by atoms with Gasteiger partial charge in [0.2, 0.25) is 5.91 Å². The van der Waals surface area contributed by atoms with Crippen molar-refractivity contribution >= 4 is 17.7 Å². The molecule has 4 N–H and O–H groups in total. The second-order valence-corrected chi connectivity index (χ2v) is 14.6. The molecule has 0 spiro atoms. The van der Waals surface area contributed by atoms with Gasteiger partial charge in [-0.3, -0.25) is 19.3 Å². The molecule has 1 aliphatic carbocycles. The van der Waals surface area contributed by atoms with E-state index in [0.717, 1.165) is 31.4 Å². The third-order valence-electron chi connectivity index (χ3n) is 9.61. The van der Waals surface area contributed by atoms with E-state index in [-0.39, 0.29) is 42.4 Å². The molecule has 48 heavy (non-hydrogen) atoms. The van der Waals surface area contributed by atoms with Gasteiger partial charge in [0.15, 0.2) is 5.89 Å². The number of fused-ring (bicyclic) bond motifs is 1. The number of aryl methyl sites for hydroxylation is 2. The molecule has 5 rings (SSSR count). The smallest absolute Gasteiger partial charge is 0.251 e. The van der Waals surface area contributed by atoms with E-state index >= 15 is 0 Å². The van der Waals surface area contributed by atoms with Crippen LogP contribution in [0.2, 0.25) is 0 Å². The van der Waals surface area contributed by atoms with Crippen LogP contribution in [-0.2, 0) is 17.8 Å². The van der Waals surface area contributed by atoms with Crippen LogP contribution < -0.4 is 16.0 Å². The van der Waals surface area contributed by atoms with E-state index in [4.69, 9.17) is 4.42 Å². The van der Waals surface area contributed by atoms with Crippen molar-refractivity contribution in [1.29, 1.82) is 0 Å². The first-order chi connectivity index (χ1) is 22.9. The predicted molar refractivity (Wildman–Crippen MR) is 184 cm³/mol. The Kier molecular flexibility index (Phi) is 11.4. The Morgan fingerprint density at radius 2 is 1.67 bits per heavy atom. The summed E-state index contributed by atoms with van der Waals surface area (Å²) >= 11 is 0. The number of oxazole rings is 1. The van der Waals surface area contributed by atoms with Gasteiger partial charge in [-0.2, -0.15) is 0 Å². The Balaban J connectivity index is 1.31. The molecular formula is C38H51N5O5. The van der Waals surface area contributed by atoms with Crippen LogP contribution in [0.3, 0.4) is 0 Å². The van der Waals surface area contributed by atoms with Crippen molar-refractivity contribution in [2.24, 2.45) is 11.8 Å². The lowest BCUT2D eigenvalue weighted by molar-refractivity contribution is -0.132. The summed E-state index contributed by atoms with van der Waals surface area (Å²) in [5.74, 6) is 1.45. The fraction of sp³-hybridized carbons (Fsp3) is 0.526. The third kappa shape index (κ3) is 9.32. The van der Waals surface area contributed by atoms with Gasteiger partial charge in [0.05, 0.1) is 24.7 Å². The van der Waals surface area contributed by atoms with Crippen LogP contribution in [0.5, 0.6) is 0 Å². The Labute approximate surface area is 284 Å². The molecule has 2 aliphatic rings. The topological polar surface area (TPSA) is 137 Å². The summed E-state index contributed by atoms with van der Waals surface area (Å²) in [5.41, 5.74) is 1.91. The molecule has 10 heteroatoms. The lowest BCUT2D eigenvalue weighted by Gasteiger charge is -2.47. The minimum atomic E-state index is -0.945. The lowest BCUT2D eigenvalue weighted by Crippen LogP contribution is -2.60. The van der Waals surface area contributed by atoms with Crippen LogP contribution >= 0.6 is 0 Å². The van der Waals surface area contributed by atoms with Crippen LogP contribution in [0.25, 0.3) is 0 Å². The molecule has 1 aliphatic heterocycles. The zero-order chi connectivity index (χ0) is 34.4. The number of nitrogens with zero attached hydrogens (tertiary/aromatic N) is 2. The van der Waals surface area contributed by atoms with Crippen molar-refractivity contribution in [1.82, 2.24) is 25.8 Å². The second-order valence-electron chi connectivity index (χ2n) is 14.6. The number of benzene rings is 2. The highest BCUT2D eigenvalue weighted by Gasteiger charge is 2.41. The standard InChI is InChI=1S/C38H51N5O5/c1-24-32(40-25(2)48-24)21-39-35(45)28-16-11-17-29(19-28)36(46)41-31(18-26-12-7-6-8-13-26)34(44)23-43-22-30-15-10-9-14-27(30)20-33(43)37(47)42-38(3,4)5/h6-8,11-13,16-17,19,27,30-31,33-34,44H,9-10,14-15,18,20-23H2,1-5H3,(H,39,45)(H,41,46)(H,42,47)/t27-,30+,31-,33-,34+/m0/s1. The summed E-state index contributed by atoms with van der Waals surface area (Å²) in [7, 11) is 0. The van der Waals surface area contributed by atoms with Gasteiger partial charge in [0.25, 0.3) is 11.8 Å². The van der Waals surface area contributed by atoms with E-state index in [9.17, 15) is 19.5 Å². The van der Waals surface area contributed by atoms with Crippen molar-refractivity contribution in [3.63, 3.8) is 0 Å². The van der Waals surface area contributed by atoms with Crippen LogP contribution in [-0.4, -0.2) is 69.5 Å². The number of rotatable bonds is 11. The molecule has 2 aromatic carbocycles. The molecule has 10 nitrogen and oxygen atoms in total. The highest BCUT2D eigenvalue weighted by atomic mass is 16.4. The molecular weight excluding hydrogens is 606 g/mol. The van der Waals surface area contributed by atoms with Crippen LogP contribution in [0.15, 0.2) is 59.0 Å². The van der Waals surface area contributed by atoms with E-state index in [1.807, 2.05) is 51.1 Å². The number of aliphatic hydroxyl groups is 1. The maximum absolute atomic E-state index is 13.7. The SMILES string of the molecule is Cc1nc(CNC(=O)c2cccc(C(=O)N[C@@H](Cc3ccccc3)[C@H](O)CN3C[C@H]4CCCC[C@H]4C[C@H]3C(=O)NC(C)(C)C)c2)c(C)o1. The number of carbonyl (C=O) groups is 3. The second kappa shape index (κ2) is 15.5. The minimum Gasteiger partial charge on any atom is -0.446 e. The Morgan fingerprint density at radius 1 is 0.979 bits per heavy atom. The summed E-state index contributed by atoms with van der Waals surface area (Å²) in [5, 5.41) is 20.9. The first-order valence-electron chi connectivity index (χ1n) is 17.3. The molecule has 5 atom stereocenters. The number of carbonyl (C=O) groups excluding carboxylic acids is 3. The number of aliphatic hydroxyl groups excluding tert-OH is 1. The van der Waals surface area contributed by atoms with Gasteiger partial charge < -0.3 is 25.5 Å². The van der Waals surface area contributed by atoms with Crippen molar-refractivity contribution < 1.29 is 23.9 Å². The maximum atomic E-state index is 13.7. The number of aromatic nitrogens is 1. The highest BCUT2D eigenvalue weighted by molar-refractivity contribution is 5.99. The first kappa shape index (κ1) is 35.3. The number of amides is 3. The van der Waals surface area contributed by atoms with E-state index in [1.54, 1.807) is 38.1 Å². The summed E-state index contributed by atoms with van der Waals surface area (Å²) in [6.45, 7) is 10.7. The molecule has 1 saturated heterocycles. The summed E-state index contributed by atoms with van der Waals surface area (Å²) < 4.78 is 5.45. The summed E-state index contributed by atoms with van der Waals surface area (Å²) in [4.78, 5) is 46.7. The van der Waals surface area contributed by atoms with Gasteiger partial charge in [-0.15, -0.1) is 0 Å². The predicted octanol–water partition coefficient (Wildman–Crippen LogP) is 4.72. The van der Waals surface area contributed by atoms with E-state index in [2.05, 4.69) is 25.8 Å². The van der Waals surface area contributed by atoms with E-state index in [0.29, 0.717) is 46.7 Å². The monoisotopic (exact) mass is 657 g/mol. The van der Waals surface area contributed by atoms with Crippen molar-refractivity contribution in [2.45, 2.75) is 103 Å². The van der Waals surface area contributed by atoms with Crippen LogP contribution in [0.4, 0.5) is 0 Å². The van der Waals surface area contributed by atoms with Crippen LogP contribution in [0, 0.1) is 25.7 Å². The Hall–Kier alpha value is -4.02. The molecule has 2 fully saturated rings. The number of hydrogen-bond acceptors (Lipinski definition) is 7. The lowest BCUT2D eigenvalue weighted by atomic mass is 9.72. The summed E-state index contributed by atoms with van der Waals surface area (Å²) in [6.07, 6.45) is 4.91. The van der Waals surface area contributed by atoms with Gasteiger partial charge in [-0.25, -0.2) is 4.98 Å². The van der Waals surface area contributed by atoms with Crippen LogP contribution in [0.1, 0.15) is 96.5 Å².